The molecule has 2 aromatic rings. The van der Waals surface area contributed by atoms with E-state index in [-0.39, 0.29) is 5.91 Å². The van der Waals surface area contributed by atoms with Crippen molar-refractivity contribution in [3.8, 4) is 0 Å². The summed E-state index contributed by atoms with van der Waals surface area (Å²) in [6.45, 7) is 2.03. The van der Waals surface area contributed by atoms with Gasteiger partial charge in [0, 0.05) is 23.7 Å². The van der Waals surface area contributed by atoms with Crippen LogP contribution in [0.5, 0.6) is 0 Å². The lowest BCUT2D eigenvalue weighted by atomic mass is 10.1. The first kappa shape index (κ1) is 15.8. The van der Waals surface area contributed by atoms with Gasteiger partial charge in [0.2, 0.25) is 0 Å². The lowest BCUT2D eigenvalue weighted by Crippen LogP contribution is -2.30. The van der Waals surface area contributed by atoms with E-state index in [4.69, 9.17) is 0 Å². The monoisotopic (exact) mass is 328 g/mol. The molecule has 5 nitrogen and oxygen atoms in total. The summed E-state index contributed by atoms with van der Waals surface area (Å²) < 4.78 is 0. The molecule has 1 saturated heterocycles. The van der Waals surface area contributed by atoms with E-state index in [2.05, 4.69) is 20.4 Å². The van der Waals surface area contributed by atoms with Gasteiger partial charge in [0.25, 0.3) is 5.91 Å². The molecule has 120 valence electrons. The zero-order valence-corrected chi connectivity index (χ0v) is 14.0. The van der Waals surface area contributed by atoms with Gasteiger partial charge in [0.15, 0.2) is 11.5 Å². The molecule has 0 radical (unpaired) electrons. The molecule has 0 spiro atoms. The maximum Gasteiger partial charge on any atom is 0.276 e. The lowest BCUT2D eigenvalue weighted by Gasteiger charge is -2.27. The highest BCUT2D eigenvalue weighted by atomic mass is 32.2. The average Bonchev–Trinajstić information content (AvgIpc) is 2.63. The number of nitrogens with zero attached hydrogens (tertiary/aromatic N) is 3. The predicted octanol–water partition coefficient (Wildman–Crippen LogP) is 3.44. The standard InChI is InChI=1S/C17H20N4OS/c1-23-14-7-5-13(6-8-14)18-17(22)15-9-10-16(20-19-15)21-11-3-2-4-12-21/h5-10H,2-4,11-12H2,1H3,(H,18,22). The van der Waals surface area contributed by atoms with Gasteiger partial charge in [-0.1, -0.05) is 0 Å². The molecule has 23 heavy (non-hydrogen) atoms. The fourth-order valence-corrected chi connectivity index (χ4v) is 3.02. The molecule has 6 heteroatoms. The van der Waals surface area contributed by atoms with Gasteiger partial charge in [-0.2, -0.15) is 0 Å². The minimum Gasteiger partial charge on any atom is -0.355 e. The normalized spacial score (nSPS) is 14.6. The van der Waals surface area contributed by atoms with Gasteiger partial charge in [-0.3, -0.25) is 4.79 Å². The first-order chi connectivity index (χ1) is 11.3. The van der Waals surface area contributed by atoms with Gasteiger partial charge in [-0.15, -0.1) is 22.0 Å². The van der Waals surface area contributed by atoms with Crippen LogP contribution in [0.3, 0.4) is 0 Å². The number of carbonyl (C=O) groups excluding carboxylic acids is 1. The molecule has 0 unspecified atom stereocenters. The first-order valence-electron chi connectivity index (χ1n) is 7.80. The Morgan fingerprint density at radius 3 is 2.39 bits per heavy atom. The van der Waals surface area contributed by atoms with Crippen molar-refractivity contribution in [3.63, 3.8) is 0 Å². The van der Waals surface area contributed by atoms with E-state index in [9.17, 15) is 4.79 Å². The zero-order valence-electron chi connectivity index (χ0n) is 13.2. The summed E-state index contributed by atoms with van der Waals surface area (Å²) in [5, 5.41) is 11.1. The second-order valence-corrected chi connectivity index (χ2v) is 6.39. The summed E-state index contributed by atoms with van der Waals surface area (Å²) in [6, 6.07) is 11.3. The van der Waals surface area contributed by atoms with E-state index in [0.29, 0.717) is 5.69 Å². The van der Waals surface area contributed by atoms with Crippen molar-refractivity contribution in [1.82, 2.24) is 10.2 Å². The molecule has 1 amide bonds. The zero-order chi connectivity index (χ0) is 16.1. The van der Waals surface area contributed by atoms with Crippen molar-refractivity contribution >= 4 is 29.2 Å². The molecule has 1 aliphatic rings. The van der Waals surface area contributed by atoms with Crippen molar-refractivity contribution in [2.24, 2.45) is 0 Å². The number of aromatic nitrogens is 2. The van der Waals surface area contributed by atoms with E-state index in [1.54, 1.807) is 17.8 Å². The van der Waals surface area contributed by atoms with E-state index >= 15 is 0 Å². The van der Waals surface area contributed by atoms with Gasteiger partial charge in [-0.25, -0.2) is 0 Å². The van der Waals surface area contributed by atoms with Gasteiger partial charge in [-0.05, 0) is 61.9 Å². The quantitative estimate of drug-likeness (QED) is 0.871. The van der Waals surface area contributed by atoms with Crippen LogP contribution in [0.2, 0.25) is 0 Å². The van der Waals surface area contributed by atoms with Crippen molar-refractivity contribution in [2.75, 3.05) is 29.6 Å². The molecule has 0 saturated carbocycles. The van der Waals surface area contributed by atoms with Crippen molar-refractivity contribution in [1.29, 1.82) is 0 Å². The maximum atomic E-state index is 12.2. The number of piperidine rings is 1. The number of carbonyl (C=O) groups is 1. The first-order valence-corrected chi connectivity index (χ1v) is 9.03. The highest BCUT2D eigenvalue weighted by Gasteiger charge is 2.14. The van der Waals surface area contributed by atoms with Gasteiger partial charge >= 0.3 is 0 Å². The SMILES string of the molecule is CSc1ccc(NC(=O)c2ccc(N3CCCCC3)nn2)cc1. The third-order valence-corrected chi connectivity index (χ3v) is 4.65. The summed E-state index contributed by atoms with van der Waals surface area (Å²) in [5.74, 6) is 0.616. The average molecular weight is 328 g/mol. The van der Waals surface area contributed by atoms with Crippen LogP contribution < -0.4 is 10.2 Å². The number of nitrogens with one attached hydrogen (secondary N) is 1. The molecular weight excluding hydrogens is 308 g/mol. The molecule has 2 heterocycles. The Bertz CT molecular complexity index is 651. The van der Waals surface area contributed by atoms with Crippen molar-refractivity contribution < 1.29 is 4.79 Å². The number of thioether (sulfide) groups is 1. The highest BCUT2D eigenvalue weighted by molar-refractivity contribution is 7.98. The summed E-state index contributed by atoms with van der Waals surface area (Å²) in [4.78, 5) is 15.6. The lowest BCUT2D eigenvalue weighted by molar-refractivity contribution is 0.102. The van der Waals surface area contributed by atoms with Crippen LogP contribution in [0.15, 0.2) is 41.3 Å². The highest BCUT2D eigenvalue weighted by Crippen LogP contribution is 2.19. The van der Waals surface area contributed by atoms with Crippen LogP contribution in [-0.2, 0) is 0 Å². The fraction of sp³-hybridized carbons (Fsp3) is 0.353. The van der Waals surface area contributed by atoms with Gasteiger partial charge in [0.1, 0.15) is 0 Å². The van der Waals surface area contributed by atoms with E-state index in [1.807, 2.05) is 36.6 Å². The second-order valence-electron chi connectivity index (χ2n) is 5.51. The minimum absolute atomic E-state index is 0.236. The van der Waals surface area contributed by atoms with Crippen LogP contribution in [0.25, 0.3) is 0 Å². The molecule has 1 fully saturated rings. The molecule has 3 rings (SSSR count). The number of anilines is 2. The second kappa shape index (κ2) is 7.46. The Morgan fingerprint density at radius 1 is 1.04 bits per heavy atom. The van der Waals surface area contributed by atoms with E-state index in [1.165, 1.54) is 19.3 Å². The van der Waals surface area contributed by atoms with Crippen LogP contribution >= 0.6 is 11.8 Å². The summed E-state index contributed by atoms with van der Waals surface area (Å²) in [7, 11) is 0. The molecule has 0 atom stereocenters. The van der Waals surface area contributed by atoms with Crippen molar-refractivity contribution in [2.45, 2.75) is 24.2 Å². The molecular formula is C17H20N4OS. The van der Waals surface area contributed by atoms with Crippen LogP contribution in [0, 0.1) is 0 Å². The maximum absolute atomic E-state index is 12.2. The van der Waals surface area contributed by atoms with E-state index in [0.717, 1.165) is 29.5 Å². The largest absolute Gasteiger partial charge is 0.355 e. The topological polar surface area (TPSA) is 58.1 Å². The molecule has 0 bridgehead atoms. The van der Waals surface area contributed by atoms with Gasteiger partial charge in [0.05, 0.1) is 0 Å². The molecule has 0 aliphatic carbocycles. The minimum atomic E-state index is -0.236. The third-order valence-electron chi connectivity index (χ3n) is 3.91. The Hall–Kier alpha value is -2.08. The number of rotatable bonds is 4. The summed E-state index contributed by atoms with van der Waals surface area (Å²) in [5.41, 5.74) is 1.09. The van der Waals surface area contributed by atoms with Gasteiger partial charge < -0.3 is 10.2 Å². The van der Waals surface area contributed by atoms with Crippen LogP contribution in [-0.4, -0.2) is 35.4 Å². The Balaban J connectivity index is 1.64. The Morgan fingerprint density at radius 2 is 1.78 bits per heavy atom. The smallest absolute Gasteiger partial charge is 0.276 e. The fourth-order valence-electron chi connectivity index (χ4n) is 2.61. The number of benzene rings is 1. The third kappa shape index (κ3) is 4.01. The molecule has 1 aromatic heterocycles. The molecule has 1 aromatic carbocycles. The van der Waals surface area contributed by atoms with Crippen molar-refractivity contribution in [3.05, 3.63) is 42.1 Å². The number of hydrogen-bond donors (Lipinski definition) is 1. The van der Waals surface area contributed by atoms with Crippen LogP contribution in [0.1, 0.15) is 29.8 Å². The number of hydrogen-bond acceptors (Lipinski definition) is 5. The summed E-state index contributed by atoms with van der Waals surface area (Å²) >= 11 is 1.67. The molecule has 1 aliphatic heterocycles. The number of amides is 1. The Kier molecular flexibility index (Phi) is 5.12. The van der Waals surface area contributed by atoms with E-state index < -0.39 is 0 Å². The van der Waals surface area contributed by atoms with Crippen LogP contribution in [0.4, 0.5) is 11.5 Å². The predicted molar refractivity (Wildman–Crippen MR) is 94.3 cm³/mol. The summed E-state index contributed by atoms with van der Waals surface area (Å²) in [6.07, 6.45) is 5.68. The molecule has 1 N–H and O–H groups in total. The Labute approximate surface area is 140 Å².